The highest BCUT2D eigenvalue weighted by Gasteiger charge is 2.46. The molecule has 34 heavy (non-hydrogen) atoms. The molecule has 5 aliphatic carbocycles. The molecule has 2 bridgehead atoms. The summed E-state index contributed by atoms with van der Waals surface area (Å²) in [4.78, 5) is 0. The van der Waals surface area contributed by atoms with Gasteiger partial charge in [-0.2, -0.15) is 0 Å². The molecule has 0 amide bonds. The first kappa shape index (κ1) is 22.2. The summed E-state index contributed by atoms with van der Waals surface area (Å²) in [6.07, 6.45) is 28.6. The van der Waals surface area contributed by atoms with Crippen molar-refractivity contribution in [2.75, 3.05) is 5.32 Å². The van der Waals surface area contributed by atoms with Gasteiger partial charge in [-0.25, -0.2) is 0 Å². The second kappa shape index (κ2) is 9.06. The molecule has 4 unspecified atom stereocenters. The fourth-order valence-electron chi connectivity index (χ4n) is 8.37. The van der Waals surface area contributed by atoms with E-state index in [1.54, 1.807) is 5.57 Å². The van der Waals surface area contributed by atoms with Crippen LogP contribution in [0.25, 0.3) is 0 Å². The standard InChI is InChI=1S/C33H41N/c1-23-18-25-19-24(2)21-33(20-23,22-25)28-12-16-30(17-13-28)34-29-14-10-27(11-15-29)32-9-5-7-26-6-3-4-8-31(26)32/h3,5-7,9-12,14-16,23-25,31-32,34H,4,8,13,17-22H2,1-2H3. The van der Waals surface area contributed by atoms with E-state index in [0.717, 1.165) is 24.2 Å². The van der Waals surface area contributed by atoms with Gasteiger partial charge in [-0.05, 0) is 116 Å². The van der Waals surface area contributed by atoms with Gasteiger partial charge in [0.25, 0.3) is 0 Å². The zero-order valence-corrected chi connectivity index (χ0v) is 21.1. The number of benzene rings is 1. The lowest BCUT2D eigenvalue weighted by molar-refractivity contribution is 0.0440. The molecule has 178 valence electrons. The van der Waals surface area contributed by atoms with Crippen LogP contribution in [0.15, 0.2) is 83.6 Å². The summed E-state index contributed by atoms with van der Waals surface area (Å²) >= 11 is 0. The molecule has 1 nitrogen and oxygen atoms in total. The molecule has 0 heterocycles. The number of nitrogens with one attached hydrogen (secondary N) is 1. The fraction of sp³-hybridized carbons (Fsp3) is 0.515. The van der Waals surface area contributed by atoms with Crippen molar-refractivity contribution in [3.8, 4) is 0 Å². The minimum absolute atomic E-state index is 0.499. The second-order valence-electron chi connectivity index (χ2n) is 12.2. The van der Waals surface area contributed by atoms with Crippen LogP contribution >= 0.6 is 0 Å². The lowest BCUT2D eigenvalue weighted by Gasteiger charge is -2.52. The first-order chi connectivity index (χ1) is 16.6. The van der Waals surface area contributed by atoms with Crippen LogP contribution in [0.1, 0.15) is 83.1 Å². The van der Waals surface area contributed by atoms with Crippen LogP contribution in [0.5, 0.6) is 0 Å². The molecule has 2 saturated carbocycles. The molecule has 0 aliphatic heterocycles. The lowest BCUT2D eigenvalue weighted by Crippen LogP contribution is -2.40. The van der Waals surface area contributed by atoms with Gasteiger partial charge in [-0.15, -0.1) is 0 Å². The molecule has 1 aromatic carbocycles. The summed E-state index contributed by atoms with van der Waals surface area (Å²) in [6, 6.07) is 9.26. The molecule has 1 heteroatoms. The molecule has 0 saturated heterocycles. The van der Waals surface area contributed by atoms with Crippen molar-refractivity contribution in [1.29, 1.82) is 0 Å². The second-order valence-corrected chi connectivity index (χ2v) is 12.2. The highest BCUT2D eigenvalue weighted by atomic mass is 14.9. The SMILES string of the molecule is CC1CC2CC(C)CC(C3=CC=C(Nc4ccc(C5C=CC=C6C=CCCC65)cc4)CC3)(C1)C2. The third kappa shape index (κ3) is 4.28. The van der Waals surface area contributed by atoms with E-state index in [9.17, 15) is 0 Å². The number of anilines is 1. The van der Waals surface area contributed by atoms with Crippen molar-refractivity contribution < 1.29 is 0 Å². The molecule has 1 aromatic rings. The average Bonchev–Trinajstić information content (AvgIpc) is 2.84. The quantitative estimate of drug-likeness (QED) is 0.481. The summed E-state index contributed by atoms with van der Waals surface area (Å²) in [5, 5.41) is 3.74. The van der Waals surface area contributed by atoms with Gasteiger partial charge in [-0.3, -0.25) is 0 Å². The van der Waals surface area contributed by atoms with Crippen LogP contribution < -0.4 is 5.32 Å². The van der Waals surface area contributed by atoms with E-state index >= 15 is 0 Å². The highest BCUT2D eigenvalue weighted by molar-refractivity contribution is 5.52. The van der Waals surface area contributed by atoms with Crippen LogP contribution in [0.4, 0.5) is 5.69 Å². The highest BCUT2D eigenvalue weighted by Crippen LogP contribution is 2.57. The largest absolute Gasteiger partial charge is 0.359 e. The predicted octanol–water partition coefficient (Wildman–Crippen LogP) is 9.10. The van der Waals surface area contributed by atoms with E-state index in [1.807, 2.05) is 0 Å². The van der Waals surface area contributed by atoms with Crippen molar-refractivity contribution in [1.82, 2.24) is 0 Å². The van der Waals surface area contributed by atoms with Crippen LogP contribution in [0.3, 0.4) is 0 Å². The maximum absolute atomic E-state index is 3.74. The molecule has 0 aromatic heterocycles. The first-order valence-corrected chi connectivity index (χ1v) is 13.9. The lowest BCUT2D eigenvalue weighted by atomic mass is 9.53. The molecule has 2 fully saturated rings. The fourth-order valence-corrected chi connectivity index (χ4v) is 8.37. The Bertz CT molecular complexity index is 1040. The Morgan fingerprint density at radius 1 is 0.882 bits per heavy atom. The third-order valence-corrected chi connectivity index (χ3v) is 9.48. The van der Waals surface area contributed by atoms with Crippen molar-refractivity contribution in [2.24, 2.45) is 29.1 Å². The number of fused-ring (bicyclic) bond motifs is 3. The maximum atomic E-state index is 3.74. The van der Waals surface area contributed by atoms with E-state index in [2.05, 4.69) is 86.0 Å². The van der Waals surface area contributed by atoms with E-state index in [1.165, 1.54) is 73.9 Å². The summed E-state index contributed by atoms with van der Waals surface area (Å²) < 4.78 is 0. The molecule has 5 aliphatic rings. The van der Waals surface area contributed by atoms with Gasteiger partial charge in [0.2, 0.25) is 0 Å². The van der Waals surface area contributed by atoms with Crippen molar-refractivity contribution in [3.63, 3.8) is 0 Å². The minimum Gasteiger partial charge on any atom is -0.359 e. The number of rotatable bonds is 4. The van der Waals surface area contributed by atoms with Gasteiger partial charge in [0.1, 0.15) is 0 Å². The predicted molar refractivity (Wildman–Crippen MR) is 145 cm³/mol. The van der Waals surface area contributed by atoms with Gasteiger partial charge < -0.3 is 5.32 Å². The third-order valence-electron chi connectivity index (χ3n) is 9.48. The minimum atomic E-state index is 0.499. The normalized spacial score (nSPS) is 36.8. The molecule has 0 radical (unpaired) electrons. The van der Waals surface area contributed by atoms with Gasteiger partial charge in [-0.1, -0.05) is 68.0 Å². The van der Waals surface area contributed by atoms with Crippen molar-refractivity contribution in [3.05, 3.63) is 89.2 Å². The van der Waals surface area contributed by atoms with Crippen LogP contribution in [-0.4, -0.2) is 0 Å². The Kier molecular flexibility index (Phi) is 5.92. The van der Waals surface area contributed by atoms with Crippen molar-refractivity contribution in [2.45, 2.75) is 77.6 Å². The zero-order valence-electron chi connectivity index (χ0n) is 21.1. The number of allylic oxidation sites excluding steroid dienone is 10. The van der Waals surface area contributed by atoms with E-state index < -0.39 is 0 Å². The number of hydrogen-bond acceptors (Lipinski definition) is 1. The Morgan fingerprint density at radius 2 is 1.68 bits per heavy atom. The number of hydrogen-bond donors (Lipinski definition) is 1. The van der Waals surface area contributed by atoms with E-state index in [0.29, 0.717) is 17.3 Å². The first-order valence-electron chi connectivity index (χ1n) is 13.9. The smallest absolute Gasteiger partial charge is 0.0381 e. The van der Waals surface area contributed by atoms with E-state index in [4.69, 9.17) is 0 Å². The monoisotopic (exact) mass is 451 g/mol. The van der Waals surface area contributed by atoms with Crippen molar-refractivity contribution >= 4 is 5.69 Å². The molecule has 0 spiro atoms. The summed E-state index contributed by atoms with van der Waals surface area (Å²) in [5.74, 6) is 3.90. The summed E-state index contributed by atoms with van der Waals surface area (Å²) in [6.45, 7) is 5.00. The Labute approximate surface area is 206 Å². The van der Waals surface area contributed by atoms with Gasteiger partial charge in [0.05, 0.1) is 0 Å². The van der Waals surface area contributed by atoms with Gasteiger partial charge in [0.15, 0.2) is 0 Å². The molecule has 6 rings (SSSR count). The zero-order chi connectivity index (χ0) is 23.1. The summed E-state index contributed by atoms with van der Waals surface area (Å²) in [5.41, 5.74) is 7.80. The van der Waals surface area contributed by atoms with Crippen LogP contribution in [0, 0.1) is 29.1 Å². The Hall–Kier alpha value is -2.28. The topological polar surface area (TPSA) is 12.0 Å². The Morgan fingerprint density at radius 3 is 2.41 bits per heavy atom. The Balaban J connectivity index is 1.14. The van der Waals surface area contributed by atoms with Crippen LogP contribution in [0.2, 0.25) is 0 Å². The molecule has 1 N–H and O–H groups in total. The average molecular weight is 452 g/mol. The maximum Gasteiger partial charge on any atom is 0.0381 e. The van der Waals surface area contributed by atoms with Gasteiger partial charge >= 0.3 is 0 Å². The molecular weight excluding hydrogens is 410 g/mol. The molecule has 4 atom stereocenters. The summed E-state index contributed by atoms with van der Waals surface area (Å²) in [7, 11) is 0. The van der Waals surface area contributed by atoms with Gasteiger partial charge in [0, 0.05) is 17.3 Å². The molecular formula is C33H41N. The van der Waals surface area contributed by atoms with E-state index in [-0.39, 0.29) is 0 Å². The van der Waals surface area contributed by atoms with Crippen LogP contribution in [-0.2, 0) is 0 Å².